The van der Waals surface area contributed by atoms with E-state index in [1.165, 1.54) is 50.0 Å². The topological polar surface area (TPSA) is 133 Å². The van der Waals surface area contributed by atoms with Crippen molar-refractivity contribution in [3.8, 4) is 62.3 Å². The van der Waals surface area contributed by atoms with E-state index in [-0.39, 0.29) is 17.7 Å². The highest BCUT2D eigenvalue weighted by Gasteiger charge is 2.32. The van der Waals surface area contributed by atoms with E-state index in [1.54, 1.807) is 28.3 Å². The number of carbonyl (C=O) groups excluding carboxylic acids is 3. The Morgan fingerprint density at radius 2 is 0.897 bits per heavy atom. The fourth-order valence-electron chi connectivity index (χ4n) is 9.14. The van der Waals surface area contributed by atoms with Crippen LogP contribution in [0.3, 0.4) is 0 Å². The summed E-state index contributed by atoms with van der Waals surface area (Å²) in [6.45, 7) is 6.62. The van der Waals surface area contributed by atoms with E-state index in [9.17, 15) is 14.4 Å². The quantitative estimate of drug-likeness (QED) is 0.0848. The fraction of sp³-hybridized carbons (Fsp3) is 0.123. The average molecular weight is 1390 g/mol. The number of benzene rings is 6. The van der Waals surface area contributed by atoms with Crippen LogP contribution >= 0.6 is 104 Å². The lowest BCUT2D eigenvalue weighted by Gasteiger charge is -2.08. The first-order chi connectivity index (χ1) is 41.9. The van der Waals surface area contributed by atoms with E-state index in [0.29, 0.717) is 34.3 Å². The Morgan fingerprint density at radius 1 is 0.494 bits per heavy atom. The summed E-state index contributed by atoms with van der Waals surface area (Å²) < 4.78 is 20.2. The maximum atomic E-state index is 12.5. The first-order valence-corrected chi connectivity index (χ1v) is 32.1. The molecule has 6 heterocycles. The second kappa shape index (κ2) is 27.7. The molecule has 0 unspecified atom stereocenters. The molecule has 3 aliphatic rings. The van der Waals surface area contributed by atoms with Gasteiger partial charge in [-0.05, 0) is 147 Å². The van der Waals surface area contributed by atoms with Gasteiger partial charge in [0, 0.05) is 82.1 Å². The zero-order chi connectivity index (χ0) is 61.6. The second-order valence-electron chi connectivity index (χ2n) is 19.6. The van der Waals surface area contributed by atoms with Gasteiger partial charge in [-0.2, -0.15) is 15.3 Å². The Balaban J connectivity index is 0.000000145. The molecule has 12 rings (SSSR count). The van der Waals surface area contributed by atoms with Crippen molar-refractivity contribution in [2.45, 2.75) is 20.8 Å². The number of methoxy groups -OCH3 is 1. The number of amides is 3. The molecule has 14 nitrogen and oxygen atoms in total. The Hall–Kier alpha value is -7.54. The van der Waals surface area contributed by atoms with Gasteiger partial charge >= 0.3 is 0 Å². The number of carbonyl (C=O) groups is 3. The van der Waals surface area contributed by atoms with Crippen LogP contribution in [0.4, 0.5) is 0 Å². The smallest absolute Gasteiger partial charge is 0.265 e. The number of aromatic nitrogens is 6. The third-order valence-corrected chi connectivity index (χ3v) is 19.2. The van der Waals surface area contributed by atoms with Crippen molar-refractivity contribution in [3.63, 3.8) is 0 Å². The predicted octanol–water partition coefficient (Wildman–Crippen LogP) is 15.7. The molecule has 0 aliphatic carbocycles. The molecule has 87 heavy (non-hydrogen) atoms. The SMILES string of the molecule is CCOc1ccc(-c2nn(-c3ccccc3)cc2/C=C2\SC(=S)N(C)C2=O)c(C)c1.CN1C(=O)/C(=C/c2cn(-c3ccc(Br)cc3)nc2-c2ccc(Br)cc2)SC1=S.COc1ccc(-c2nn(-c3ccccc3)cc2/C=C2\SC(=S)N(C)C2=O)cc1C. The number of nitrogens with zero attached hydrogens (tertiary/aromatic N) is 9. The molecule has 9 aromatic rings. The van der Waals surface area contributed by atoms with Gasteiger partial charge < -0.3 is 9.47 Å². The molecule has 0 spiro atoms. The molecule has 3 saturated heterocycles. The molecule has 0 N–H and O–H groups in total. The highest BCUT2D eigenvalue weighted by Crippen LogP contribution is 2.39. The van der Waals surface area contributed by atoms with Crippen molar-refractivity contribution in [1.29, 1.82) is 0 Å². The zero-order valence-corrected chi connectivity index (χ0v) is 55.9. The molecular weight excluding hydrogens is 1340 g/mol. The van der Waals surface area contributed by atoms with Crippen molar-refractivity contribution in [2.24, 2.45) is 0 Å². The molecule has 0 atom stereocenters. The number of halogens is 2. The minimum atomic E-state index is -0.0932. The van der Waals surface area contributed by atoms with Crippen LogP contribution in [0.1, 0.15) is 34.7 Å². The van der Waals surface area contributed by atoms with Gasteiger partial charge in [-0.25, -0.2) is 14.0 Å². The van der Waals surface area contributed by atoms with Crippen LogP contribution < -0.4 is 9.47 Å². The summed E-state index contributed by atoms with van der Waals surface area (Å²) in [5.74, 6) is 1.38. The fourth-order valence-corrected chi connectivity index (χ4v) is 13.2. The summed E-state index contributed by atoms with van der Waals surface area (Å²) >= 11 is 26.6. The Morgan fingerprint density at radius 3 is 1.30 bits per heavy atom. The Bertz CT molecular complexity index is 4260. The molecule has 3 amide bonds. The average Bonchev–Trinajstić information content (AvgIpc) is 2.63. The second-order valence-corrected chi connectivity index (χ2v) is 26.5. The van der Waals surface area contributed by atoms with Crippen molar-refractivity contribution < 1.29 is 23.9 Å². The maximum Gasteiger partial charge on any atom is 0.265 e. The summed E-state index contributed by atoms with van der Waals surface area (Å²) in [4.78, 5) is 43.7. The molecule has 438 valence electrons. The Kier molecular flexibility index (Phi) is 19.9. The van der Waals surface area contributed by atoms with Crippen molar-refractivity contribution >= 4 is 153 Å². The molecule has 3 aliphatic heterocycles. The number of hydrogen-bond acceptors (Lipinski definition) is 14. The van der Waals surface area contributed by atoms with Gasteiger partial charge in [-0.1, -0.05) is 152 Å². The third kappa shape index (κ3) is 14.2. The number of hydrogen-bond donors (Lipinski definition) is 0. The van der Waals surface area contributed by atoms with Crippen LogP contribution in [0.25, 0.3) is 69.1 Å². The normalized spacial score (nSPS) is 15.5. The first kappa shape index (κ1) is 62.5. The van der Waals surface area contributed by atoms with Gasteiger partial charge in [0.05, 0.1) is 51.2 Å². The third-order valence-electron chi connectivity index (χ3n) is 13.7. The number of aryl methyl sites for hydroxylation is 2. The van der Waals surface area contributed by atoms with E-state index in [4.69, 9.17) is 61.4 Å². The molecule has 0 bridgehead atoms. The molecule has 0 saturated carbocycles. The highest BCUT2D eigenvalue weighted by atomic mass is 79.9. The standard InChI is InChI=1S/C23H21N3O2S2.C22H19N3O2S2.C20H13Br2N3OS2/c1-4-28-18-10-11-19(15(2)12-18)21-16(13-20-22(27)25(3)23(29)30-20)14-26(24-21)17-8-6-5-7-9-17;1-14-11-15(9-10-18(14)27-3)20-16(12-19-21(26)24(2)22(28)29-19)13-25(23-20)17-7-5-4-6-8-17;1-24-19(26)17(28-20(24)27)10-13-11-25(16-8-6-15(22)7-9-16)23-18(13)12-2-4-14(21)5-3-12/h5-14H,4H2,1-3H3;4-13H,1-3H3;2-11H,1H3/b20-13-;19-12-;17-10-. The van der Waals surface area contributed by atoms with Crippen LogP contribution in [0.15, 0.2) is 188 Å². The largest absolute Gasteiger partial charge is 0.496 e. The van der Waals surface area contributed by atoms with Crippen LogP contribution in [0.5, 0.6) is 11.5 Å². The zero-order valence-electron chi connectivity index (χ0n) is 47.8. The van der Waals surface area contributed by atoms with E-state index < -0.39 is 0 Å². The van der Waals surface area contributed by atoms with Crippen LogP contribution in [0.2, 0.25) is 0 Å². The Labute approximate surface area is 549 Å². The number of thiocarbonyl (C=S) groups is 3. The predicted molar refractivity (Wildman–Crippen MR) is 372 cm³/mol. The number of ether oxygens (including phenoxy) is 2. The van der Waals surface area contributed by atoms with Crippen LogP contribution in [0, 0.1) is 13.8 Å². The summed E-state index contributed by atoms with van der Waals surface area (Å²) in [5.41, 5.74) is 12.8. The van der Waals surface area contributed by atoms with Crippen molar-refractivity contribution in [2.75, 3.05) is 34.9 Å². The monoisotopic (exact) mass is 1390 g/mol. The molecule has 22 heteroatoms. The van der Waals surface area contributed by atoms with Crippen LogP contribution in [-0.4, -0.2) is 110 Å². The van der Waals surface area contributed by atoms with E-state index in [2.05, 4.69) is 31.9 Å². The number of likely N-dealkylation sites (N-methyl/N-ethyl adjacent to an activating group) is 3. The van der Waals surface area contributed by atoms with Crippen molar-refractivity contribution in [1.82, 2.24) is 44.0 Å². The van der Waals surface area contributed by atoms with Gasteiger partial charge in [0.2, 0.25) is 0 Å². The summed E-state index contributed by atoms with van der Waals surface area (Å²) in [6, 6.07) is 47.6. The van der Waals surface area contributed by atoms with E-state index in [1.807, 2.05) is 217 Å². The lowest BCUT2D eigenvalue weighted by molar-refractivity contribution is -0.122. The summed E-state index contributed by atoms with van der Waals surface area (Å²) in [7, 11) is 6.74. The van der Waals surface area contributed by atoms with E-state index >= 15 is 0 Å². The van der Waals surface area contributed by atoms with Crippen LogP contribution in [-0.2, 0) is 14.4 Å². The van der Waals surface area contributed by atoms with Gasteiger partial charge in [0.25, 0.3) is 17.7 Å². The molecule has 0 radical (unpaired) electrons. The summed E-state index contributed by atoms with van der Waals surface area (Å²) in [5, 5.41) is 14.5. The lowest BCUT2D eigenvalue weighted by Crippen LogP contribution is -2.22. The van der Waals surface area contributed by atoms with Gasteiger partial charge in [-0.15, -0.1) is 0 Å². The van der Waals surface area contributed by atoms with E-state index in [0.717, 1.165) is 99.1 Å². The number of para-hydroxylation sites is 2. The number of thioether (sulfide) groups is 3. The molecule has 6 aromatic carbocycles. The highest BCUT2D eigenvalue weighted by molar-refractivity contribution is 9.10. The van der Waals surface area contributed by atoms with Gasteiger partial charge in [-0.3, -0.25) is 29.1 Å². The van der Waals surface area contributed by atoms with Gasteiger partial charge in [0.1, 0.15) is 35.8 Å². The minimum absolute atomic E-state index is 0.0897. The molecular formula is C65H53Br2N9O5S6. The van der Waals surface area contributed by atoms with Crippen molar-refractivity contribution in [3.05, 3.63) is 216 Å². The minimum Gasteiger partial charge on any atom is -0.496 e. The lowest BCUT2D eigenvalue weighted by atomic mass is 10.0. The maximum absolute atomic E-state index is 12.5. The van der Waals surface area contributed by atoms with Gasteiger partial charge in [0.15, 0.2) is 0 Å². The number of rotatable bonds is 12. The summed E-state index contributed by atoms with van der Waals surface area (Å²) in [6.07, 6.45) is 11.4. The molecule has 3 fully saturated rings. The first-order valence-electron chi connectivity index (χ1n) is 26.8. The molecule has 3 aromatic heterocycles.